The van der Waals surface area contributed by atoms with Crippen molar-refractivity contribution in [3.05, 3.63) is 18.6 Å². The molecule has 0 fully saturated rings. The molecule has 0 bridgehead atoms. The lowest BCUT2D eigenvalue weighted by Crippen LogP contribution is -2.11. The van der Waals surface area contributed by atoms with E-state index in [-0.39, 0.29) is 5.97 Å². The Hall–Kier alpha value is -1.65. The fraction of sp³-hybridized carbons (Fsp3) is 0.444. The SMILES string of the molecule is CCOC(=O)CCNc1cnccn1. The lowest BCUT2D eigenvalue weighted by atomic mass is 10.4. The Labute approximate surface area is 82.5 Å². The Bertz CT molecular complexity index is 277. The molecule has 0 aromatic carbocycles. The molecule has 0 aliphatic rings. The fourth-order valence-electron chi connectivity index (χ4n) is 0.916. The summed E-state index contributed by atoms with van der Waals surface area (Å²) >= 11 is 0. The number of nitrogens with one attached hydrogen (secondary N) is 1. The monoisotopic (exact) mass is 195 g/mol. The van der Waals surface area contributed by atoms with Gasteiger partial charge in [0.2, 0.25) is 0 Å². The summed E-state index contributed by atoms with van der Waals surface area (Å²) in [6, 6.07) is 0. The summed E-state index contributed by atoms with van der Waals surface area (Å²) < 4.78 is 4.76. The lowest BCUT2D eigenvalue weighted by molar-refractivity contribution is -0.142. The van der Waals surface area contributed by atoms with Crippen LogP contribution in [0, 0.1) is 0 Å². The highest BCUT2D eigenvalue weighted by Gasteiger charge is 2.00. The Morgan fingerprint density at radius 1 is 1.57 bits per heavy atom. The number of aromatic nitrogens is 2. The number of hydrogen-bond acceptors (Lipinski definition) is 5. The molecule has 5 heteroatoms. The maximum Gasteiger partial charge on any atom is 0.307 e. The minimum absolute atomic E-state index is 0.205. The van der Waals surface area contributed by atoms with Crippen LogP contribution in [0.1, 0.15) is 13.3 Å². The van der Waals surface area contributed by atoms with Crippen molar-refractivity contribution < 1.29 is 9.53 Å². The Kier molecular flexibility index (Phi) is 4.40. The third-order valence-electron chi connectivity index (χ3n) is 1.50. The molecule has 0 atom stereocenters. The molecule has 0 saturated heterocycles. The molecule has 0 spiro atoms. The molecule has 0 aliphatic carbocycles. The molecule has 0 unspecified atom stereocenters. The second-order valence-electron chi connectivity index (χ2n) is 2.57. The van der Waals surface area contributed by atoms with Gasteiger partial charge in [-0.05, 0) is 6.92 Å². The van der Waals surface area contributed by atoms with Gasteiger partial charge in [-0.25, -0.2) is 4.98 Å². The van der Waals surface area contributed by atoms with E-state index in [1.165, 1.54) is 0 Å². The van der Waals surface area contributed by atoms with Gasteiger partial charge in [-0.1, -0.05) is 0 Å². The zero-order valence-corrected chi connectivity index (χ0v) is 8.06. The molecule has 1 N–H and O–H groups in total. The number of anilines is 1. The van der Waals surface area contributed by atoms with E-state index < -0.39 is 0 Å². The molecule has 0 aliphatic heterocycles. The highest BCUT2D eigenvalue weighted by Crippen LogP contribution is 1.97. The summed E-state index contributed by atoms with van der Waals surface area (Å²) in [7, 11) is 0. The molecule has 0 saturated carbocycles. The topological polar surface area (TPSA) is 64.1 Å². The zero-order chi connectivity index (χ0) is 10.2. The van der Waals surface area contributed by atoms with Crippen LogP contribution in [0.15, 0.2) is 18.6 Å². The summed E-state index contributed by atoms with van der Waals surface area (Å²) in [6.07, 6.45) is 5.12. The molecule has 0 radical (unpaired) electrons. The minimum Gasteiger partial charge on any atom is -0.466 e. The van der Waals surface area contributed by atoms with Crippen LogP contribution in [0.3, 0.4) is 0 Å². The van der Waals surface area contributed by atoms with Crippen molar-refractivity contribution in [3.63, 3.8) is 0 Å². The van der Waals surface area contributed by atoms with Crippen molar-refractivity contribution in [2.45, 2.75) is 13.3 Å². The van der Waals surface area contributed by atoms with E-state index >= 15 is 0 Å². The molecule has 1 aromatic heterocycles. The number of hydrogen-bond donors (Lipinski definition) is 1. The number of esters is 1. The molecule has 1 aromatic rings. The normalized spacial score (nSPS) is 9.50. The molecular formula is C9H13N3O2. The second-order valence-corrected chi connectivity index (χ2v) is 2.57. The van der Waals surface area contributed by atoms with Crippen LogP contribution in [0.4, 0.5) is 5.82 Å². The number of ether oxygens (including phenoxy) is 1. The summed E-state index contributed by atoms with van der Waals surface area (Å²) in [6.45, 7) is 2.72. The van der Waals surface area contributed by atoms with Gasteiger partial charge in [0, 0.05) is 18.9 Å². The van der Waals surface area contributed by atoms with Crippen LogP contribution in [0.5, 0.6) is 0 Å². The first-order valence-electron chi connectivity index (χ1n) is 4.48. The maximum atomic E-state index is 10.9. The third kappa shape index (κ3) is 3.84. The largest absolute Gasteiger partial charge is 0.466 e. The van der Waals surface area contributed by atoms with Gasteiger partial charge in [0.05, 0.1) is 19.2 Å². The van der Waals surface area contributed by atoms with Crippen LogP contribution < -0.4 is 5.32 Å². The molecule has 0 amide bonds. The maximum absolute atomic E-state index is 10.9. The Morgan fingerprint density at radius 2 is 2.43 bits per heavy atom. The van der Waals surface area contributed by atoms with Gasteiger partial charge >= 0.3 is 5.97 Å². The van der Waals surface area contributed by atoms with E-state index in [0.717, 1.165) is 0 Å². The van der Waals surface area contributed by atoms with Crippen LogP contribution in [0.2, 0.25) is 0 Å². The highest BCUT2D eigenvalue weighted by atomic mass is 16.5. The summed E-state index contributed by atoms with van der Waals surface area (Å²) in [5.74, 6) is 0.459. The predicted molar refractivity (Wildman–Crippen MR) is 51.8 cm³/mol. The first kappa shape index (κ1) is 10.4. The minimum atomic E-state index is -0.205. The number of carbonyl (C=O) groups is 1. The third-order valence-corrected chi connectivity index (χ3v) is 1.50. The van der Waals surface area contributed by atoms with Crippen molar-refractivity contribution in [2.24, 2.45) is 0 Å². The van der Waals surface area contributed by atoms with Crippen LogP contribution in [0.25, 0.3) is 0 Å². The Balaban J connectivity index is 2.19. The zero-order valence-electron chi connectivity index (χ0n) is 8.06. The highest BCUT2D eigenvalue weighted by molar-refractivity contribution is 5.69. The number of rotatable bonds is 5. The number of carbonyl (C=O) groups excluding carboxylic acids is 1. The van der Waals surface area contributed by atoms with Crippen molar-refractivity contribution in [1.82, 2.24) is 9.97 Å². The van der Waals surface area contributed by atoms with E-state index in [1.807, 2.05) is 0 Å². The Morgan fingerprint density at radius 3 is 3.07 bits per heavy atom. The first-order chi connectivity index (χ1) is 6.83. The van der Waals surface area contributed by atoms with Crippen molar-refractivity contribution in [1.29, 1.82) is 0 Å². The molecule has 1 heterocycles. The van der Waals surface area contributed by atoms with E-state index in [1.54, 1.807) is 25.5 Å². The van der Waals surface area contributed by atoms with Gasteiger partial charge in [0.1, 0.15) is 5.82 Å². The predicted octanol–water partition coefficient (Wildman–Crippen LogP) is 0.842. The molecule has 5 nitrogen and oxygen atoms in total. The van der Waals surface area contributed by atoms with E-state index in [4.69, 9.17) is 4.74 Å². The van der Waals surface area contributed by atoms with Crippen LogP contribution >= 0.6 is 0 Å². The van der Waals surface area contributed by atoms with Crippen molar-refractivity contribution in [2.75, 3.05) is 18.5 Å². The smallest absolute Gasteiger partial charge is 0.307 e. The standard InChI is InChI=1S/C9H13N3O2/c1-2-14-9(13)3-4-11-8-7-10-5-6-12-8/h5-7H,2-4H2,1H3,(H,11,12). The van der Waals surface area contributed by atoms with E-state index in [9.17, 15) is 4.79 Å². The summed E-state index contributed by atoms with van der Waals surface area (Å²) in [5, 5.41) is 2.96. The molecule has 76 valence electrons. The number of nitrogens with zero attached hydrogens (tertiary/aromatic N) is 2. The second kappa shape index (κ2) is 5.90. The average Bonchev–Trinajstić information content (AvgIpc) is 2.20. The lowest BCUT2D eigenvalue weighted by Gasteiger charge is -2.03. The van der Waals surface area contributed by atoms with Gasteiger partial charge in [-0.2, -0.15) is 0 Å². The van der Waals surface area contributed by atoms with Gasteiger partial charge in [0.15, 0.2) is 0 Å². The van der Waals surface area contributed by atoms with E-state index in [2.05, 4.69) is 15.3 Å². The molecule has 14 heavy (non-hydrogen) atoms. The summed E-state index contributed by atoms with van der Waals surface area (Å²) in [5.41, 5.74) is 0. The van der Waals surface area contributed by atoms with Crippen molar-refractivity contribution in [3.8, 4) is 0 Å². The van der Waals surface area contributed by atoms with Crippen molar-refractivity contribution >= 4 is 11.8 Å². The average molecular weight is 195 g/mol. The van der Waals surface area contributed by atoms with Gasteiger partial charge < -0.3 is 10.1 Å². The van der Waals surface area contributed by atoms with Gasteiger partial charge in [0.25, 0.3) is 0 Å². The van der Waals surface area contributed by atoms with Crippen LogP contribution in [-0.4, -0.2) is 29.1 Å². The quantitative estimate of drug-likeness (QED) is 0.705. The van der Waals surface area contributed by atoms with Gasteiger partial charge in [-0.15, -0.1) is 0 Å². The van der Waals surface area contributed by atoms with E-state index in [0.29, 0.717) is 25.4 Å². The van der Waals surface area contributed by atoms with Crippen LogP contribution in [-0.2, 0) is 9.53 Å². The first-order valence-corrected chi connectivity index (χ1v) is 4.48. The molecular weight excluding hydrogens is 182 g/mol. The fourth-order valence-corrected chi connectivity index (χ4v) is 0.916. The molecule has 1 rings (SSSR count). The van der Waals surface area contributed by atoms with Gasteiger partial charge in [-0.3, -0.25) is 9.78 Å². The summed E-state index contributed by atoms with van der Waals surface area (Å²) in [4.78, 5) is 18.8.